The van der Waals surface area contributed by atoms with Crippen molar-refractivity contribution in [1.82, 2.24) is 0 Å². The molecule has 0 fully saturated rings. The molecule has 0 bridgehead atoms. The summed E-state index contributed by atoms with van der Waals surface area (Å²) in [6.45, 7) is 8.17. The quantitative estimate of drug-likeness (QED) is 0.120. The number of anilines is 5. The number of hydrogen-bond donors (Lipinski definition) is 0. The van der Waals surface area contributed by atoms with E-state index in [2.05, 4.69) is 217 Å². The number of para-hydroxylation sites is 1. The molecule has 0 N–H and O–H groups in total. The van der Waals surface area contributed by atoms with E-state index in [4.69, 9.17) is 0 Å². The van der Waals surface area contributed by atoms with Gasteiger partial charge in [-0.2, -0.15) is 0 Å². The Morgan fingerprint density at radius 1 is 0.467 bits per heavy atom. The molecule has 0 aliphatic heterocycles. The van der Waals surface area contributed by atoms with E-state index in [-0.39, 0.29) is 0 Å². The average molecular weight is 821 g/mol. The van der Waals surface area contributed by atoms with Gasteiger partial charge in [-0.15, -0.1) is 0 Å². The number of hydrogen-bond acceptors (Lipinski definition) is 4. The Hall–Kier alpha value is -5.94. The SMILES string of the molecule is C=c1cccc/c1=C/C=C\N(c1ccccc1)c1ccc(-c2ccc(N(c3ccc(C4=CCCCC4)cc3)c3ccc(-c4ccccc4)cc3)cc2)cc1.CC.CSSC. The molecular weight excluding hydrogens is 765 g/mol. The van der Waals surface area contributed by atoms with Gasteiger partial charge in [-0.1, -0.05) is 175 Å². The molecule has 0 spiro atoms. The van der Waals surface area contributed by atoms with Crippen LogP contribution in [0.1, 0.15) is 45.1 Å². The number of nitrogens with zero attached hydrogens (tertiary/aromatic N) is 2. The molecule has 0 saturated carbocycles. The van der Waals surface area contributed by atoms with Crippen molar-refractivity contribution >= 4 is 68.3 Å². The van der Waals surface area contributed by atoms with E-state index in [0.717, 1.165) is 45.3 Å². The van der Waals surface area contributed by atoms with Crippen LogP contribution in [0.15, 0.2) is 200 Å². The van der Waals surface area contributed by atoms with Gasteiger partial charge in [-0.05, 0) is 149 Å². The minimum Gasteiger partial charge on any atom is -0.317 e. The first-order valence-corrected chi connectivity index (χ1v) is 23.9. The summed E-state index contributed by atoms with van der Waals surface area (Å²) in [4.78, 5) is 4.57. The Morgan fingerprint density at radius 2 is 0.900 bits per heavy atom. The molecule has 8 rings (SSSR count). The fourth-order valence-corrected chi connectivity index (χ4v) is 7.26. The van der Waals surface area contributed by atoms with E-state index in [9.17, 15) is 0 Å². The maximum absolute atomic E-state index is 4.17. The van der Waals surface area contributed by atoms with Crippen molar-refractivity contribution in [3.63, 3.8) is 0 Å². The third-order valence-corrected chi connectivity index (χ3v) is 11.7. The van der Waals surface area contributed by atoms with Gasteiger partial charge in [0.15, 0.2) is 0 Å². The van der Waals surface area contributed by atoms with Crippen LogP contribution < -0.4 is 20.2 Å². The van der Waals surface area contributed by atoms with Crippen LogP contribution in [0.2, 0.25) is 0 Å². The second-order valence-corrected chi connectivity index (χ2v) is 16.8. The zero-order valence-corrected chi connectivity index (χ0v) is 37.0. The van der Waals surface area contributed by atoms with Gasteiger partial charge in [0.25, 0.3) is 0 Å². The first-order valence-electron chi connectivity index (χ1n) is 20.9. The van der Waals surface area contributed by atoms with Crippen LogP contribution in [0.25, 0.3) is 40.5 Å². The zero-order chi connectivity index (χ0) is 41.9. The first-order chi connectivity index (χ1) is 29.6. The maximum Gasteiger partial charge on any atom is 0.0462 e. The Kier molecular flexibility index (Phi) is 16.7. The summed E-state index contributed by atoms with van der Waals surface area (Å²) in [6.07, 6.45) is 17.8. The molecular formula is C56H56N2S2. The molecule has 0 radical (unpaired) electrons. The monoisotopic (exact) mass is 820 g/mol. The van der Waals surface area contributed by atoms with Crippen molar-refractivity contribution in [2.45, 2.75) is 39.5 Å². The van der Waals surface area contributed by atoms with Gasteiger partial charge in [0, 0.05) is 34.6 Å². The van der Waals surface area contributed by atoms with Gasteiger partial charge >= 0.3 is 0 Å². The minimum absolute atomic E-state index is 1.01. The molecule has 302 valence electrons. The van der Waals surface area contributed by atoms with E-state index in [1.807, 2.05) is 32.0 Å². The van der Waals surface area contributed by atoms with Crippen LogP contribution in [0.3, 0.4) is 0 Å². The molecule has 0 heterocycles. The summed E-state index contributed by atoms with van der Waals surface area (Å²) in [5.41, 5.74) is 13.2. The van der Waals surface area contributed by atoms with Crippen molar-refractivity contribution in [3.8, 4) is 22.3 Å². The van der Waals surface area contributed by atoms with E-state index in [1.54, 1.807) is 21.6 Å². The standard InChI is InChI=1S/C52H44N2.C2H6S2.C2H6/c1-40-14-11-12-15-41(40)20-13-39-53(48-21-9-4-10-22-48)49-31-23-46(24-32-49)47-29-37-52(38-30-47)54(50-33-25-44(26-34-50)42-16-5-2-6-17-42)51-35-27-45(28-36-51)43-18-7-3-8-19-43;1-3-4-2;1-2/h2,4-6,9-18,20-39H,1,3,7-8,19H2;1-2H3;1-2H3/b39-13-,41-20-;;. The number of benzene rings is 7. The van der Waals surface area contributed by atoms with Crippen LogP contribution in [-0.2, 0) is 0 Å². The average Bonchev–Trinajstić information content (AvgIpc) is 3.33. The van der Waals surface area contributed by atoms with E-state index >= 15 is 0 Å². The minimum atomic E-state index is 1.01. The summed E-state index contributed by atoms with van der Waals surface area (Å²) in [5, 5.41) is 2.12. The van der Waals surface area contributed by atoms with Gasteiger partial charge in [0.1, 0.15) is 0 Å². The molecule has 0 aromatic heterocycles. The van der Waals surface area contributed by atoms with Gasteiger partial charge in [0.05, 0.1) is 0 Å². The van der Waals surface area contributed by atoms with Gasteiger partial charge < -0.3 is 9.80 Å². The van der Waals surface area contributed by atoms with Gasteiger partial charge in [0.2, 0.25) is 0 Å². The normalized spacial score (nSPS) is 12.4. The summed E-state index contributed by atoms with van der Waals surface area (Å²) < 4.78 is 0. The lowest BCUT2D eigenvalue weighted by Crippen LogP contribution is -2.21. The summed E-state index contributed by atoms with van der Waals surface area (Å²) in [5.74, 6) is 0. The lowest BCUT2D eigenvalue weighted by Gasteiger charge is -2.26. The highest BCUT2D eigenvalue weighted by Crippen LogP contribution is 2.38. The molecule has 60 heavy (non-hydrogen) atoms. The Labute approximate surface area is 366 Å². The zero-order valence-electron chi connectivity index (χ0n) is 35.4. The third-order valence-electron chi connectivity index (χ3n) is 10.4. The molecule has 0 atom stereocenters. The van der Waals surface area contributed by atoms with Crippen molar-refractivity contribution in [2.24, 2.45) is 0 Å². The second-order valence-electron chi connectivity index (χ2n) is 14.1. The maximum atomic E-state index is 4.17. The smallest absolute Gasteiger partial charge is 0.0462 e. The van der Waals surface area contributed by atoms with Crippen molar-refractivity contribution in [2.75, 3.05) is 22.3 Å². The predicted molar refractivity (Wildman–Crippen MR) is 270 cm³/mol. The molecule has 0 saturated heterocycles. The molecule has 0 amide bonds. The molecule has 4 heteroatoms. The van der Waals surface area contributed by atoms with E-state index < -0.39 is 0 Å². The number of rotatable bonds is 11. The lowest BCUT2D eigenvalue weighted by molar-refractivity contribution is 0.742. The fourth-order valence-electron chi connectivity index (χ4n) is 7.26. The van der Waals surface area contributed by atoms with Crippen LogP contribution >= 0.6 is 21.6 Å². The summed E-state index contributed by atoms with van der Waals surface area (Å²) >= 11 is 0. The highest BCUT2D eigenvalue weighted by Gasteiger charge is 2.15. The molecule has 7 aromatic carbocycles. The Morgan fingerprint density at radius 3 is 1.38 bits per heavy atom. The highest BCUT2D eigenvalue weighted by atomic mass is 33.1. The van der Waals surface area contributed by atoms with E-state index in [0.29, 0.717) is 0 Å². The van der Waals surface area contributed by atoms with Crippen LogP contribution in [0.5, 0.6) is 0 Å². The predicted octanol–water partition coefficient (Wildman–Crippen LogP) is 15.6. The first kappa shape index (κ1) is 43.6. The van der Waals surface area contributed by atoms with Crippen molar-refractivity contribution < 1.29 is 0 Å². The summed E-state index contributed by atoms with van der Waals surface area (Å²) in [7, 11) is 3.55. The molecule has 2 nitrogen and oxygen atoms in total. The Balaban J connectivity index is 0.000000951. The molecule has 7 aromatic rings. The second kappa shape index (κ2) is 23.0. The molecule has 1 aliphatic carbocycles. The van der Waals surface area contributed by atoms with Crippen LogP contribution in [0, 0.1) is 0 Å². The molecule has 0 unspecified atom stereocenters. The number of allylic oxidation sites excluding steroid dienone is 3. The Bertz CT molecular complexity index is 2510. The highest BCUT2D eigenvalue weighted by molar-refractivity contribution is 8.76. The van der Waals surface area contributed by atoms with Crippen molar-refractivity contribution in [1.29, 1.82) is 0 Å². The summed E-state index contributed by atoms with van der Waals surface area (Å²) in [6, 6.07) is 65.0. The van der Waals surface area contributed by atoms with Crippen molar-refractivity contribution in [3.05, 3.63) is 216 Å². The lowest BCUT2D eigenvalue weighted by atomic mass is 9.93. The largest absolute Gasteiger partial charge is 0.317 e. The van der Waals surface area contributed by atoms with Gasteiger partial charge in [-0.3, -0.25) is 0 Å². The van der Waals surface area contributed by atoms with Crippen LogP contribution in [-0.4, -0.2) is 12.5 Å². The fraction of sp³-hybridized carbons (Fsp3) is 0.143. The van der Waals surface area contributed by atoms with E-state index in [1.165, 1.54) is 52.7 Å². The topological polar surface area (TPSA) is 6.48 Å². The third kappa shape index (κ3) is 11.6. The van der Waals surface area contributed by atoms with Crippen LogP contribution in [0.4, 0.5) is 28.4 Å². The molecule has 1 aliphatic rings. The van der Waals surface area contributed by atoms with Gasteiger partial charge in [-0.25, -0.2) is 0 Å².